The number of aryl methyl sites for hydroxylation is 1. The summed E-state index contributed by atoms with van der Waals surface area (Å²) in [6.07, 6.45) is 0. The maximum Gasteiger partial charge on any atom is 0.126 e. The first kappa shape index (κ1) is 12.4. The Morgan fingerprint density at radius 3 is 2.61 bits per heavy atom. The molecule has 2 N–H and O–H groups in total. The van der Waals surface area contributed by atoms with Gasteiger partial charge in [0.1, 0.15) is 11.6 Å². The minimum absolute atomic E-state index is 0.0260. The molecule has 0 spiro atoms. The number of benzene rings is 2. The summed E-state index contributed by atoms with van der Waals surface area (Å²) < 4.78 is 13.5. The molecule has 0 aliphatic heterocycles. The van der Waals surface area contributed by atoms with Crippen molar-refractivity contribution in [2.45, 2.75) is 19.9 Å². The fourth-order valence-electron chi connectivity index (χ4n) is 1.81. The zero-order valence-corrected chi connectivity index (χ0v) is 10.4. The van der Waals surface area contributed by atoms with Crippen molar-refractivity contribution in [1.82, 2.24) is 0 Å². The summed E-state index contributed by atoms with van der Waals surface area (Å²) in [6, 6.07) is 12.1. The summed E-state index contributed by atoms with van der Waals surface area (Å²) in [5.74, 6) is 0.0133. The van der Waals surface area contributed by atoms with Gasteiger partial charge in [-0.15, -0.1) is 0 Å². The average Bonchev–Trinajstić information content (AvgIpc) is 2.32. The number of aromatic hydroxyl groups is 1. The minimum Gasteiger partial charge on any atom is -0.508 e. The van der Waals surface area contributed by atoms with Crippen LogP contribution in [-0.4, -0.2) is 5.11 Å². The largest absolute Gasteiger partial charge is 0.508 e. The predicted octanol–water partition coefficient (Wildman–Crippen LogP) is 4.01. The highest BCUT2D eigenvalue weighted by Gasteiger charge is 2.07. The van der Waals surface area contributed by atoms with Crippen LogP contribution in [0.1, 0.15) is 24.1 Å². The Balaban J connectivity index is 2.16. The fourth-order valence-corrected chi connectivity index (χ4v) is 1.81. The highest BCUT2D eigenvalue weighted by molar-refractivity contribution is 5.49. The number of anilines is 1. The number of phenolic OH excluding ortho intramolecular Hbond substituents is 1. The summed E-state index contributed by atoms with van der Waals surface area (Å²) in [5, 5.41) is 12.6. The Morgan fingerprint density at radius 2 is 1.94 bits per heavy atom. The molecule has 2 rings (SSSR count). The van der Waals surface area contributed by atoms with Gasteiger partial charge in [0.15, 0.2) is 0 Å². The molecule has 1 atom stereocenters. The van der Waals surface area contributed by atoms with Crippen molar-refractivity contribution in [2.75, 3.05) is 5.32 Å². The molecule has 0 aliphatic carbocycles. The molecule has 0 radical (unpaired) electrons. The summed E-state index contributed by atoms with van der Waals surface area (Å²) in [5.41, 5.74) is 2.33. The van der Waals surface area contributed by atoms with Gasteiger partial charge in [0, 0.05) is 17.8 Å². The van der Waals surface area contributed by atoms with Gasteiger partial charge < -0.3 is 10.4 Å². The Bertz CT molecular complexity index is 554. The third kappa shape index (κ3) is 2.80. The van der Waals surface area contributed by atoms with Crippen LogP contribution in [0.5, 0.6) is 5.75 Å². The quantitative estimate of drug-likeness (QED) is 0.856. The first-order chi connectivity index (χ1) is 8.56. The van der Waals surface area contributed by atoms with Crippen LogP contribution in [0.4, 0.5) is 10.1 Å². The van der Waals surface area contributed by atoms with Gasteiger partial charge in [-0.25, -0.2) is 4.39 Å². The highest BCUT2D eigenvalue weighted by Crippen LogP contribution is 2.23. The Hall–Kier alpha value is -2.03. The van der Waals surface area contributed by atoms with Crippen LogP contribution in [0.25, 0.3) is 0 Å². The van der Waals surface area contributed by atoms with E-state index in [4.69, 9.17) is 0 Å². The average molecular weight is 245 g/mol. The predicted molar refractivity (Wildman–Crippen MR) is 71.3 cm³/mol. The normalized spacial score (nSPS) is 12.2. The lowest BCUT2D eigenvalue weighted by molar-refractivity contribution is 0.475. The molecule has 0 amide bonds. The molecule has 18 heavy (non-hydrogen) atoms. The Kier molecular flexibility index (Phi) is 3.51. The van der Waals surface area contributed by atoms with Crippen LogP contribution in [0.15, 0.2) is 42.5 Å². The van der Waals surface area contributed by atoms with E-state index in [-0.39, 0.29) is 17.6 Å². The molecule has 3 heteroatoms. The van der Waals surface area contributed by atoms with Crippen LogP contribution in [0.2, 0.25) is 0 Å². The second kappa shape index (κ2) is 5.08. The van der Waals surface area contributed by atoms with Crippen molar-refractivity contribution in [3.8, 4) is 5.75 Å². The molecular formula is C15H16FNO. The third-order valence-electron chi connectivity index (χ3n) is 2.93. The smallest absolute Gasteiger partial charge is 0.126 e. The van der Waals surface area contributed by atoms with E-state index in [1.807, 2.05) is 19.1 Å². The van der Waals surface area contributed by atoms with E-state index >= 15 is 0 Å². The standard InChI is InChI=1S/C15H16FNO/c1-10-6-7-12(8-15(10)16)11(2)17-13-4-3-5-14(18)9-13/h3-9,11,17-18H,1-2H3. The number of hydrogen-bond acceptors (Lipinski definition) is 2. The van der Waals surface area contributed by atoms with Crippen LogP contribution < -0.4 is 5.32 Å². The van der Waals surface area contributed by atoms with Crippen molar-refractivity contribution in [2.24, 2.45) is 0 Å². The summed E-state index contributed by atoms with van der Waals surface area (Å²) >= 11 is 0. The van der Waals surface area contributed by atoms with E-state index in [1.165, 1.54) is 6.07 Å². The SMILES string of the molecule is Cc1ccc(C(C)Nc2cccc(O)c2)cc1F. The summed E-state index contributed by atoms with van der Waals surface area (Å²) in [7, 11) is 0. The molecule has 2 nitrogen and oxygen atoms in total. The zero-order chi connectivity index (χ0) is 13.1. The van der Waals surface area contributed by atoms with E-state index in [0.717, 1.165) is 11.3 Å². The van der Waals surface area contributed by atoms with Gasteiger partial charge in [-0.05, 0) is 43.2 Å². The third-order valence-corrected chi connectivity index (χ3v) is 2.93. The number of nitrogens with one attached hydrogen (secondary N) is 1. The number of rotatable bonds is 3. The van der Waals surface area contributed by atoms with Crippen molar-refractivity contribution < 1.29 is 9.50 Å². The van der Waals surface area contributed by atoms with Gasteiger partial charge in [0.25, 0.3) is 0 Å². The van der Waals surface area contributed by atoms with Gasteiger partial charge in [0.05, 0.1) is 0 Å². The Labute approximate surface area is 106 Å². The lowest BCUT2D eigenvalue weighted by atomic mass is 10.1. The maximum absolute atomic E-state index is 13.5. The lowest BCUT2D eigenvalue weighted by Gasteiger charge is -2.16. The molecule has 2 aromatic rings. The van der Waals surface area contributed by atoms with Crippen LogP contribution in [0.3, 0.4) is 0 Å². The van der Waals surface area contributed by atoms with Gasteiger partial charge >= 0.3 is 0 Å². The first-order valence-corrected chi connectivity index (χ1v) is 5.88. The molecule has 0 saturated carbocycles. The molecule has 0 heterocycles. The molecule has 0 bridgehead atoms. The van der Waals surface area contributed by atoms with Crippen molar-refractivity contribution in [1.29, 1.82) is 0 Å². The molecule has 2 aromatic carbocycles. The van der Waals surface area contributed by atoms with Gasteiger partial charge in [-0.3, -0.25) is 0 Å². The fraction of sp³-hybridized carbons (Fsp3) is 0.200. The molecule has 1 unspecified atom stereocenters. The molecule has 0 aliphatic rings. The Morgan fingerprint density at radius 1 is 1.17 bits per heavy atom. The second-order valence-electron chi connectivity index (χ2n) is 4.42. The number of phenols is 1. The van der Waals surface area contributed by atoms with E-state index in [1.54, 1.807) is 31.2 Å². The zero-order valence-electron chi connectivity index (χ0n) is 10.4. The highest BCUT2D eigenvalue weighted by atomic mass is 19.1. The van der Waals surface area contributed by atoms with Gasteiger partial charge in [0.2, 0.25) is 0 Å². The van der Waals surface area contributed by atoms with Crippen LogP contribution >= 0.6 is 0 Å². The number of halogens is 1. The monoisotopic (exact) mass is 245 g/mol. The topological polar surface area (TPSA) is 32.3 Å². The van der Waals surface area contributed by atoms with E-state index in [0.29, 0.717) is 5.56 Å². The number of hydrogen-bond donors (Lipinski definition) is 2. The van der Waals surface area contributed by atoms with E-state index < -0.39 is 0 Å². The molecule has 0 saturated heterocycles. The van der Waals surface area contributed by atoms with Crippen molar-refractivity contribution in [3.63, 3.8) is 0 Å². The van der Waals surface area contributed by atoms with E-state index in [2.05, 4.69) is 5.32 Å². The lowest BCUT2D eigenvalue weighted by Crippen LogP contribution is -2.07. The summed E-state index contributed by atoms with van der Waals surface area (Å²) in [6.45, 7) is 3.70. The first-order valence-electron chi connectivity index (χ1n) is 5.88. The van der Waals surface area contributed by atoms with Crippen LogP contribution in [0, 0.1) is 12.7 Å². The van der Waals surface area contributed by atoms with Crippen molar-refractivity contribution >= 4 is 5.69 Å². The molecule has 0 fully saturated rings. The van der Waals surface area contributed by atoms with Crippen molar-refractivity contribution in [3.05, 3.63) is 59.4 Å². The second-order valence-corrected chi connectivity index (χ2v) is 4.42. The minimum atomic E-state index is -0.197. The maximum atomic E-state index is 13.5. The molecule has 94 valence electrons. The summed E-state index contributed by atoms with van der Waals surface area (Å²) in [4.78, 5) is 0. The van der Waals surface area contributed by atoms with E-state index in [9.17, 15) is 9.50 Å². The molecular weight excluding hydrogens is 229 g/mol. The molecule has 0 aromatic heterocycles. The van der Waals surface area contributed by atoms with Gasteiger partial charge in [-0.1, -0.05) is 18.2 Å². The van der Waals surface area contributed by atoms with Crippen LogP contribution in [-0.2, 0) is 0 Å². The van der Waals surface area contributed by atoms with Gasteiger partial charge in [-0.2, -0.15) is 0 Å².